The maximum atomic E-state index is 11.8. The summed E-state index contributed by atoms with van der Waals surface area (Å²) in [7, 11) is -0.871. The van der Waals surface area contributed by atoms with Crippen molar-refractivity contribution in [2.75, 3.05) is 0 Å². The van der Waals surface area contributed by atoms with Crippen molar-refractivity contribution >= 4 is 10.8 Å². The lowest BCUT2D eigenvalue weighted by Crippen LogP contribution is -2.33. The first-order chi connectivity index (χ1) is 6.61. The molecule has 78 valence electrons. The number of nitrogens with two attached hydrogens (primary N) is 1. The van der Waals surface area contributed by atoms with Gasteiger partial charge in [0.2, 0.25) is 0 Å². The highest BCUT2D eigenvalue weighted by Gasteiger charge is 2.15. The van der Waals surface area contributed by atoms with Crippen molar-refractivity contribution < 1.29 is 4.21 Å². The molecule has 0 bridgehead atoms. The van der Waals surface area contributed by atoms with E-state index < -0.39 is 10.8 Å². The summed E-state index contributed by atoms with van der Waals surface area (Å²) in [4.78, 5) is 0. The maximum Gasteiger partial charge on any atom is 0.0488 e. The van der Waals surface area contributed by atoms with Crippen LogP contribution in [0, 0.1) is 0 Å². The Labute approximate surface area is 88.0 Å². The highest BCUT2D eigenvalue weighted by molar-refractivity contribution is 7.84. The van der Waals surface area contributed by atoms with Gasteiger partial charge in [-0.05, 0) is 19.4 Å². The van der Waals surface area contributed by atoms with E-state index in [2.05, 4.69) is 0 Å². The number of benzene rings is 1. The lowest BCUT2D eigenvalue weighted by Gasteiger charge is -2.14. The van der Waals surface area contributed by atoms with Crippen molar-refractivity contribution in [1.29, 1.82) is 0 Å². The normalized spacial score (nSPS) is 17.4. The van der Waals surface area contributed by atoms with Gasteiger partial charge in [0, 0.05) is 27.8 Å². The summed E-state index contributed by atoms with van der Waals surface area (Å²) in [5.41, 5.74) is 6.81. The van der Waals surface area contributed by atoms with E-state index in [1.54, 1.807) is 0 Å². The van der Waals surface area contributed by atoms with Crippen molar-refractivity contribution in [2.45, 2.75) is 30.9 Å². The second-order valence-electron chi connectivity index (χ2n) is 3.57. The average molecular weight is 211 g/mol. The molecule has 3 atom stereocenters. The number of hydrogen-bond donors (Lipinski definition) is 1. The van der Waals surface area contributed by atoms with Crippen LogP contribution in [-0.2, 0) is 16.6 Å². The van der Waals surface area contributed by atoms with Crippen molar-refractivity contribution in [2.24, 2.45) is 5.73 Å². The highest BCUT2D eigenvalue weighted by Crippen LogP contribution is 2.08. The van der Waals surface area contributed by atoms with Crippen LogP contribution < -0.4 is 5.73 Å². The molecule has 1 aromatic rings. The Balaban J connectivity index is 2.58. The molecule has 0 spiro atoms. The minimum absolute atomic E-state index is 0.0143. The van der Waals surface area contributed by atoms with Gasteiger partial charge in [0.25, 0.3) is 0 Å². The molecule has 0 aliphatic rings. The molecule has 3 heteroatoms. The van der Waals surface area contributed by atoms with Crippen LogP contribution in [-0.4, -0.2) is 15.5 Å². The first kappa shape index (κ1) is 11.4. The third-order valence-electron chi connectivity index (χ3n) is 2.31. The quantitative estimate of drug-likeness (QED) is 0.823. The molecule has 14 heavy (non-hydrogen) atoms. The highest BCUT2D eigenvalue weighted by atomic mass is 32.2. The van der Waals surface area contributed by atoms with Crippen LogP contribution in [0.15, 0.2) is 30.3 Å². The van der Waals surface area contributed by atoms with E-state index in [-0.39, 0.29) is 11.3 Å². The molecule has 3 unspecified atom stereocenters. The summed E-state index contributed by atoms with van der Waals surface area (Å²) in [5.74, 6) is 0.601. The molecular weight excluding hydrogens is 194 g/mol. The predicted molar refractivity (Wildman–Crippen MR) is 61.4 cm³/mol. The molecule has 1 aromatic carbocycles. The summed E-state index contributed by atoms with van der Waals surface area (Å²) >= 11 is 0. The maximum absolute atomic E-state index is 11.8. The fourth-order valence-electron chi connectivity index (χ4n) is 1.11. The van der Waals surface area contributed by atoms with Crippen LogP contribution >= 0.6 is 0 Å². The molecule has 0 amide bonds. The van der Waals surface area contributed by atoms with Crippen LogP contribution in [0.1, 0.15) is 19.4 Å². The lowest BCUT2D eigenvalue weighted by molar-refractivity contribution is 0.648. The molecule has 0 radical (unpaired) electrons. The fraction of sp³-hybridized carbons (Fsp3) is 0.455. The van der Waals surface area contributed by atoms with Gasteiger partial charge < -0.3 is 5.73 Å². The molecule has 0 fully saturated rings. The molecule has 0 saturated carbocycles. The molecule has 2 nitrogen and oxygen atoms in total. The monoisotopic (exact) mass is 211 g/mol. The molecule has 0 heterocycles. The smallest absolute Gasteiger partial charge is 0.0488 e. The Kier molecular flexibility index (Phi) is 4.29. The van der Waals surface area contributed by atoms with Crippen LogP contribution in [0.2, 0.25) is 0 Å². The van der Waals surface area contributed by atoms with E-state index in [0.717, 1.165) is 5.56 Å². The summed E-state index contributed by atoms with van der Waals surface area (Å²) < 4.78 is 11.8. The van der Waals surface area contributed by atoms with Gasteiger partial charge in [-0.25, -0.2) is 0 Å². The number of hydrogen-bond acceptors (Lipinski definition) is 2. The first-order valence-electron chi connectivity index (χ1n) is 4.78. The van der Waals surface area contributed by atoms with E-state index in [1.165, 1.54) is 0 Å². The molecule has 0 saturated heterocycles. The minimum atomic E-state index is -0.871. The second-order valence-corrected chi connectivity index (χ2v) is 5.37. The molecule has 0 aliphatic carbocycles. The zero-order valence-corrected chi connectivity index (χ0v) is 9.46. The minimum Gasteiger partial charge on any atom is -0.327 e. The molecular formula is C11H17NOS. The standard InChI is InChI=1S/C11H17NOS/c1-9(12)10(2)14(13)8-11-6-4-3-5-7-11/h3-7,9-10H,8,12H2,1-2H3. The van der Waals surface area contributed by atoms with Crippen LogP contribution in [0.3, 0.4) is 0 Å². The third-order valence-corrected chi connectivity index (χ3v) is 4.18. The molecule has 2 N–H and O–H groups in total. The van der Waals surface area contributed by atoms with Gasteiger partial charge in [0.1, 0.15) is 0 Å². The largest absolute Gasteiger partial charge is 0.327 e. The van der Waals surface area contributed by atoms with Crippen LogP contribution in [0.25, 0.3) is 0 Å². The van der Waals surface area contributed by atoms with Crippen molar-refractivity contribution in [3.63, 3.8) is 0 Å². The Morgan fingerprint density at radius 3 is 2.36 bits per heavy atom. The van der Waals surface area contributed by atoms with Gasteiger partial charge in [0.05, 0.1) is 0 Å². The van der Waals surface area contributed by atoms with E-state index in [4.69, 9.17) is 5.73 Å². The zero-order chi connectivity index (χ0) is 10.6. The van der Waals surface area contributed by atoms with Gasteiger partial charge in [-0.15, -0.1) is 0 Å². The number of rotatable bonds is 4. The Hall–Kier alpha value is -0.670. The average Bonchev–Trinajstić information content (AvgIpc) is 2.18. The second kappa shape index (κ2) is 5.27. The fourth-order valence-corrected chi connectivity index (χ4v) is 2.37. The Morgan fingerprint density at radius 2 is 1.86 bits per heavy atom. The lowest BCUT2D eigenvalue weighted by atomic mass is 10.2. The Morgan fingerprint density at radius 1 is 1.29 bits per heavy atom. The molecule has 0 aliphatic heterocycles. The van der Waals surface area contributed by atoms with Crippen LogP contribution in [0.5, 0.6) is 0 Å². The van der Waals surface area contributed by atoms with E-state index in [1.807, 2.05) is 44.2 Å². The first-order valence-corrected chi connectivity index (χ1v) is 6.16. The van der Waals surface area contributed by atoms with Gasteiger partial charge in [-0.2, -0.15) is 0 Å². The molecule has 1 rings (SSSR count). The van der Waals surface area contributed by atoms with Gasteiger partial charge in [0.15, 0.2) is 0 Å². The predicted octanol–water partition coefficient (Wildman–Crippen LogP) is 1.67. The topological polar surface area (TPSA) is 43.1 Å². The van der Waals surface area contributed by atoms with E-state index in [9.17, 15) is 4.21 Å². The Bertz CT molecular complexity index is 297. The van der Waals surface area contributed by atoms with E-state index >= 15 is 0 Å². The van der Waals surface area contributed by atoms with Gasteiger partial charge >= 0.3 is 0 Å². The van der Waals surface area contributed by atoms with Gasteiger partial charge in [-0.1, -0.05) is 30.3 Å². The van der Waals surface area contributed by atoms with Crippen molar-refractivity contribution in [3.05, 3.63) is 35.9 Å². The summed E-state index contributed by atoms with van der Waals surface area (Å²) in [6.07, 6.45) is 0. The van der Waals surface area contributed by atoms with Gasteiger partial charge in [-0.3, -0.25) is 4.21 Å². The third kappa shape index (κ3) is 3.24. The summed E-state index contributed by atoms with van der Waals surface area (Å²) in [6.45, 7) is 3.83. The summed E-state index contributed by atoms with van der Waals surface area (Å²) in [6, 6.07) is 9.85. The van der Waals surface area contributed by atoms with Crippen molar-refractivity contribution in [1.82, 2.24) is 0 Å². The van der Waals surface area contributed by atoms with Crippen molar-refractivity contribution in [3.8, 4) is 0 Å². The van der Waals surface area contributed by atoms with E-state index in [0.29, 0.717) is 5.75 Å². The zero-order valence-electron chi connectivity index (χ0n) is 8.64. The molecule has 0 aromatic heterocycles. The summed E-state index contributed by atoms with van der Waals surface area (Å²) in [5, 5.41) is 0.0511. The van der Waals surface area contributed by atoms with Crippen LogP contribution in [0.4, 0.5) is 0 Å². The SMILES string of the molecule is CC(N)C(C)S(=O)Cc1ccccc1.